The monoisotopic (exact) mass is 222 g/mol. The maximum absolute atomic E-state index is 10.8. The Kier molecular flexibility index (Phi) is 3.07. The smallest absolute Gasteiger partial charge is 0.248 e. The maximum atomic E-state index is 10.8. The number of aliphatic hydroxyl groups is 1. The van der Waals surface area contributed by atoms with Crippen LogP contribution in [0.1, 0.15) is 10.4 Å². The average Bonchev–Trinajstić information content (AvgIpc) is 2.65. The van der Waals surface area contributed by atoms with Crippen molar-refractivity contribution in [3.63, 3.8) is 0 Å². The summed E-state index contributed by atoms with van der Waals surface area (Å²) >= 11 is 0. The molecule has 0 radical (unpaired) electrons. The van der Waals surface area contributed by atoms with Crippen molar-refractivity contribution in [1.82, 2.24) is 5.32 Å². The van der Waals surface area contributed by atoms with Crippen LogP contribution in [0.2, 0.25) is 0 Å². The zero-order chi connectivity index (χ0) is 11.5. The minimum Gasteiger partial charge on any atom is -0.486 e. The van der Waals surface area contributed by atoms with Gasteiger partial charge in [0.05, 0.1) is 0 Å². The molecular formula is C11H14N2O3. The van der Waals surface area contributed by atoms with E-state index in [1.165, 1.54) is 0 Å². The molecule has 0 bridgehead atoms. The number of carbonyl (C=O) groups excluding carboxylic acids is 1. The van der Waals surface area contributed by atoms with Crippen LogP contribution in [0.25, 0.3) is 0 Å². The zero-order valence-corrected chi connectivity index (χ0v) is 8.72. The van der Waals surface area contributed by atoms with Gasteiger partial charge in [0.25, 0.3) is 0 Å². The quantitative estimate of drug-likeness (QED) is 0.643. The summed E-state index contributed by atoms with van der Waals surface area (Å²) in [5.74, 6) is 0.159. The Morgan fingerprint density at radius 2 is 2.06 bits per heavy atom. The van der Waals surface area contributed by atoms with E-state index < -0.39 is 12.0 Å². The molecule has 1 saturated heterocycles. The SMILES string of the molecule is NC(=O)c1ccc(O[C@H]2CNC[C@@H]2O)cc1. The van der Waals surface area contributed by atoms with Crippen molar-refractivity contribution in [2.75, 3.05) is 13.1 Å². The summed E-state index contributed by atoms with van der Waals surface area (Å²) < 4.78 is 5.56. The molecule has 0 unspecified atom stereocenters. The van der Waals surface area contributed by atoms with E-state index in [1.807, 2.05) is 0 Å². The Morgan fingerprint density at radius 3 is 2.56 bits per heavy atom. The van der Waals surface area contributed by atoms with Gasteiger partial charge in [0.15, 0.2) is 0 Å². The Balaban J connectivity index is 2.02. The number of nitrogens with two attached hydrogens (primary N) is 1. The molecule has 0 aliphatic carbocycles. The Bertz CT molecular complexity index is 377. The fourth-order valence-electron chi connectivity index (χ4n) is 1.63. The van der Waals surface area contributed by atoms with E-state index in [-0.39, 0.29) is 6.10 Å². The number of rotatable bonds is 3. The van der Waals surface area contributed by atoms with Crippen LogP contribution < -0.4 is 15.8 Å². The third-order valence-electron chi connectivity index (χ3n) is 2.55. The number of aliphatic hydroxyl groups excluding tert-OH is 1. The number of hydrogen-bond donors (Lipinski definition) is 3. The highest BCUT2D eigenvalue weighted by atomic mass is 16.5. The zero-order valence-electron chi connectivity index (χ0n) is 8.72. The van der Waals surface area contributed by atoms with Gasteiger partial charge < -0.3 is 20.9 Å². The minimum atomic E-state index is -0.490. The molecule has 2 rings (SSSR count). The number of β-amino-alcohol motifs (C(OH)–C–C–N with tert-alkyl or cyclic N) is 1. The molecule has 1 aliphatic heterocycles. The molecule has 1 aromatic carbocycles. The van der Waals surface area contributed by atoms with Gasteiger partial charge in [-0.15, -0.1) is 0 Å². The lowest BCUT2D eigenvalue weighted by Crippen LogP contribution is -2.29. The van der Waals surface area contributed by atoms with Crippen molar-refractivity contribution in [2.45, 2.75) is 12.2 Å². The van der Waals surface area contributed by atoms with Gasteiger partial charge >= 0.3 is 0 Å². The van der Waals surface area contributed by atoms with Gasteiger partial charge in [0.1, 0.15) is 18.0 Å². The average molecular weight is 222 g/mol. The second kappa shape index (κ2) is 4.51. The third-order valence-corrected chi connectivity index (χ3v) is 2.55. The van der Waals surface area contributed by atoms with Crippen LogP contribution in [0.3, 0.4) is 0 Å². The van der Waals surface area contributed by atoms with Crippen LogP contribution in [0, 0.1) is 0 Å². The number of carbonyl (C=O) groups is 1. The standard InChI is InChI=1S/C11H14N2O3/c12-11(15)7-1-3-8(4-2-7)16-10-6-13-5-9(10)14/h1-4,9-10,13-14H,5-6H2,(H2,12,15)/t9-,10-/m0/s1. The van der Waals surface area contributed by atoms with Crippen molar-refractivity contribution in [3.05, 3.63) is 29.8 Å². The van der Waals surface area contributed by atoms with E-state index in [2.05, 4.69) is 5.32 Å². The first-order chi connectivity index (χ1) is 7.66. The number of ether oxygens (including phenoxy) is 1. The number of amides is 1. The summed E-state index contributed by atoms with van der Waals surface area (Å²) in [6.45, 7) is 1.17. The first-order valence-corrected chi connectivity index (χ1v) is 5.12. The van der Waals surface area contributed by atoms with Gasteiger partial charge in [0.2, 0.25) is 5.91 Å². The molecular weight excluding hydrogens is 208 g/mol. The van der Waals surface area contributed by atoms with Gasteiger partial charge in [-0.1, -0.05) is 0 Å². The fraction of sp³-hybridized carbons (Fsp3) is 0.364. The topological polar surface area (TPSA) is 84.6 Å². The fourth-order valence-corrected chi connectivity index (χ4v) is 1.63. The largest absolute Gasteiger partial charge is 0.486 e. The van der Waals surface area contributed by atoms with Gasteiger partial charge in [-0.3, -0.25) is 4.79 Å². The lowest BCUT2D eigenvalue weighted by molar-refractivity contribution is 0.0737. The first-order valence-electron chi connectivity index (χ1n) is 5.12. The van der Waals surface area contributed by atoms with Gasteiger partial charge in [-0.2, -0.15) is 0 Å². The molecule has 1 aliphatic rings. The lowest BCUT2D eigenvalue weighted by Gasteiger charge is -2.16. The Labute approximate surface area is 93.2 Å². The van der Waals surface area contributed by atoms with Crippen LogP contribution >= 0.6 is 0 Å². The molecule has 1 amide bonds. The summed E-state index contributed by atoms with van der Waals surface area (Å²) in [5.41, 5.74) is 5.56. The first kappa shape index (κ1) is 10.9. The number of benzene rings is 1. The molecule has 1 fully saturated rings. The minimum absolute atomic E-state index is 0.237. The molecule has 5 nitrogen and oxygen atoms in total. The molecule has 0 saturated carbocycles. The summed E-state index contributed by atoms with van der Waals surface area (Å²) in [6, 6.07) is 6.55. The summed E-state index contributed by atoms with van der Waals surface area (Å²) in [7, 11) is 0. The highest BCUT2D eigenvalue weighted by Crippen LogP contribution is 2.16. The second-order valence-electron chi connectivity index (χ2n) is 3.77. The van der Waals surface area contributed by atoms with E-state index in [0.717, 1.165) is 0 Å². The van der Waals surface area contributed by atoms with Crippen LogP contribution in [-0.4, -0.2) is 36.3 Å². The molecule has 5 heteroatoms. The molecule has 4 N–H and O–H groups in total. The van der Waals surface area contributed by atoms with Crippen LogP contribution in [0.4, 0.5) is 0 Å². The molecule has 0 aromatic heterocycles. The highest BCUT2D eigenvalue weighted by molar-refractivity contribution is 5.92. The van der Waals surface area contributed by atoms with Gasteiger partial charge in [-0.25, -0.2) is 0 Å². The summed E-state index contributed by atoms with van der Waals surface area (Å²) in [6.07, 6.45) is -0.727. The summed E-state index contributed by atoms with van der Waals surface area (Å²) in [4.78, 5) is 10.8. The molecule has 16 heavy (non-hydrogen) atoms. The third kappa shape index (κ3) is 2.32. The van der Waals surface area contributed by atoms with E-state index in [9.17, 15) is 9.90 Å². The van der Waals surface area contributed by atoms with Crippen molar-refractivity contribution >= 4 is 5.91 Å². The molecule has 86 valence electrons. The Morgan fingerprint density at radius 1 is 1.38 bits per heavy atom. The summed E-state index contributed by atoms with van der Waals surface area (Å²) in [5, 5.41) is 12.6. The predicted molar refractivity (Wildman–Crippen MR) is 58.3 cm³/mol. The van der Waals surface area contributed by atoms with Crippen molar-refractivity contribution in [1.29, 1.82) is 0 Å². The van der Waals surface area contributed by atoms with Crippen molar-refractivity contribution in [3.8, 4) is 5.75 Å². The number of nitrogens with one attached hydrogen (secondary N) is 1. The second-order valence-corrected chi connectivity index (χ2v) is 3.77. The molecule has 1 aromatic rings. The number of primary amides is 1. The van der Waals surface area contributed by atoms with E-state index in [0.29, 0.717) is 24.4 Å². The lowest BCUT2D eigenvalue weighted by atomic mass is 10.2. The van der Waals surface area contributed by atoms with Crippen molar-refractivity contribution in [2.24, 2.45) is 5.73 Å². The molecule has 1 heterocycles. The van der Waals surface area contributed by atoms with Gasteiger partial charge in [-0.05, 0) is 24.3 Å². The number of hydrogen-bond acceptors (Lipinski definition) is 4. The van der Waals surface area contributed by atoms with Crippen LogP contribution in [0.15, 0.2) is 24.3 Å². The van der Waals surface area contributed by atoms with Crippen LogP contribution in [-0.2, 0) is 0 Å². The molecule has 2 atom stereocenters. The van der Waals surface area contributed by atoms with Crippen molar-refractivity contribution < 1.29 is 14.6 Å². The van der Waals surface area contributed by atoms with Gasteiger partial charge in [0, 0.05) is 18.7 Å². The van der Waals surface area contributed by atoms with E-state index in [1.54, 1.807) is 24.3 Å². The molecule has 0 spiro atoms. The maximum Gasteiger partial charge on any atom is 0.248 e. The van der Waals surface area contributed by atoms with E-state index in [4.69, 9.17) is 10.5 Å². The normalized spacial score (nSPS) is 24.3. The van der Waals surface area contributed by atoms with E-state index >= 15 is 0 Å². The Hall–Kier alpha value is -1.59. The highest BCUT2D eigenvalue weighted by Gasteiger charge is 2.26. The van der Waals surface area contributed by atoms with Crippen LogP contribution in [0.5, 0.6) is 5.75 Å². The predicted octanol–water partition coefficient (Wildman–Crippen LogP) is -0.503.